The van der Waals surface area contributed by atoms with Gasteiger partial charge in [0.05, 0.1) is 11.6 Å². The average Bonchev–Trinajstić information content (AvgIpc) is 3.11. The number of carbonyl (C=O) groups excluding carboxylic acids is 2. The van der Waals surface area contributed by atoms with E-state index >= 15 is 0 Å². The summed E-state index contributed by atoms with van der Waals surface area (Å²) in [5.41, 5.74) is 3.14. The van der Waals surface area contributed by atoms with Crippen molar-refractivity contribution in [2.24, 2.45) is 0 Å². The summed E-state index contributed by atoms with van der Waals surface area (Å²) in [6.07, 6.45) is 0. The first-order chi connectivity index (χ1) is 17.2. The van der Waals surface area contributed by atoms with Gasteiger partial charge >= 0.3 is 0 Å². The van der Waals surface area contributed by atoms with Crippen LogP contribution in [0.1, 0.15) is 28.3 Å². The molecule has 2 N–H and O–H groups in total. The molecule has 3 aromatic carbocycles. The first-order valence-electron chi connectivity index (χ1n) is 11.8. The van der Waals surface area contributed by atoms with Gasteiger partial charge in [-0.1, -0.05) is 42.0 Å². The van der Waals surface area contributed by atoms with Crippen LogP contribution in [0.25, 0.3) is 5.76 Å². The second-order valence-corrected chi connectivity index (χ2v) is 9.19. The van der Waals surface area contributed by atoms with Crippen molar-refractivity contribution in [1.82, 2.24) is 9.80 Å². The lowest BCUT2D eigenvalue weighted by Gasteiger charge is -2.26. The number of ether oxygens (including phenoxy) is 1. The van der Waals surface area contributed by atoms with Gasteiger partial charge in [-0.15, -0.1) is 0 Å². The number of likely N-dealkylation sites (tertiary alicyclic amines) is 1. The zero-order valence-corrected chi connectivity index (χ0v) is 20.6. The predicted octanol–water partition coefficient (Wildman–Crippen LogP) is 4.26. The van der Waals surface area contributed by atoms with Crippen LogP contribution in [0.5, 0.6) is 11.5 Å². The molecule has 7 heteroatoms. The van der Waals surface area contributed by atoms with Crippen LogP contribution in [0.3, 0.4) is 0 Å². The quantitative estimate of drug-likeness (QED) is 0.281. The minimum absolute atomic E-state index is 0.00205. The summed E-state index contributed by atoms with van der Waals surface area (Å²) in [4.78, 5) is 29.4. The van der Waals surface area contributed by atoms with Crippen molar-refractivity contribution >= 4 is 17.4 Å². The molecule has 1 heterocycles. The van der Waals surface area contributed by atoms with E-state index < -0.39 is 17.7 Å². The SMILES string of the molecule is Cc1cccc(COc2ccc(/C(O)=C3\C(=O)C(=O)N(CCN(C)C)[C@H]3c3cccc(O)c3)cc2)c1. The van der Waals surface area contributed by atoms with Crippen LogP contribution >= 0.6 is 0 Å². The number of ketones is 1. The standard InChI is InChI=1S/C29H30N2O5/c1-19-6-4-7-20(16-19)18-36-24-12-10-21(11-13-24)27(33)25-26(22-8-5-9-23(32)17-22)31(15-14-30(2)3)29(35)28(25)34/h4-13,16-17,26,32-33H,14-15,18H2,1-3H3/b27-25+/t26-/m0/s1. The fraction of sp³-hybridized carbons (Fsp3) is 0.241. The van der Waals surface area contributed by atoms with Gasteiger partial charge in [-0.3, -0.25) is 9.59 Å². The van der Waals surface area contributed by atoms with E-state index in [9.17, 15) is 19.8 Å². The molecule has 3 aromatic rings. The lowest BCUT2D eigenvalue weighted by Crippen LogP contribution is -2.35. The van der Waals surface area contributed by atoms with Gasteiger partial charge in [0.2, 0.25) is 0 Å². The normalized spacial score (nSPS) is 17.1. The third kappa shape index (κ3) is 5.42. The first-order valence-corrected chi connectivity index (χ1v) is 11.8. The fourth-order valence-corrected chi connectivity index (χ4v) is 4.29. The molecule has 0 radical (unpaired) electrons. The number of aryl methyl sites for hydroxylation is 1. The summed E-state index contributed by atoms with van der Waals surface area (Å²) in [5, 5.41) is 21.2. The molecular formula is C29H30N2O5. The van der Waals surface area contributed by atoms with Gasteiger partial charge in [0, 0.05) is 18.7 Å². The van der Waals surface area contributed by atoms with Crippen molar-refractivity contribution in [2.45, 2.75) is 19.6 Å². The number of phenolic OH excluding ortho intramolecular Hbond substituents is 1. The maximum absolute atomic E-state index is 13.1. The number of likely N-dealkylation sites (N-methyl/N-ethyl adjacent to an activating group) is 1. The van der Waals surface area contributed by atoms with Gasteiger partial charge in [-0.05, 0) is 68.5 Å². The Bertz CT molecular complexity index is 1300. The zero-order chi connectivity index (χ0) is 25.8. The van der Waals surface area contributed by atoms with Gasteiger partial charge in [-0.25, -0.2) is 0 Å². The highest BCUT2D eigenvalue weighted by atomic mass is 16.5. The summed E-state index contributed by atoms with van der Waals surface area (Å²) < 4.78 is 5.86. The van der Waals surface area contributed by atoms with E-state index in [0.717, 1.165) is 11.1 Å². The second kappa shape index (κ2) is 10.7. The van der Waals surface area contributed by atoms with E-state index in [1.807, 2.05) is 44.1 Å². The number of carbonyl (C=O) groups is 2. The lowest BCUT2D eigenvalue weighted by atomic mass is 9.95. The van der Waals surface area contributed by atoms with Crippen LogP contribution in [0.15, 0.2) is 78.4 Å². The highest BCUT2D eigenvalue weighted by Crippen LogP contribution is 2.40. The van der Waals surface area contributed by atoms with Crippen molar-refractivity contribution in [3.05, 3.63) is 101 Å². The van der Waals surface area contributed by atoms with E-state index in [1.165, 1.54) is 17.0 Å². The third-order valence-electron chi connectivity index (χ3n) is 6.13. The molecule has 1 atom stereocenters. The Hall–Kier alpha value is -4.10. The van der Waals surface area contributed by atoms with Crippen LogP contribution in [0.4, 0.5) is 0 Å². The number of rotatable bonds is 8. The third-order valence-corrected chi connectivity index (χ3v) is 6.13. The number of aromatic hydroxyl groups is 1. The van der Waals surface area contributed by atoms with Crippen molar-refractivity contribution in [2.75, 3.05) is 27.2 Å². The number of Topliss-reactive ketones (excluding diaryl/α,β-unsaturated/α-hetero) is 1. The summed E-state index contributed by atoms with van der Waals surface area (Å²) in [6.45, 7) is 3.26. The maximum atomic E-state index is 13.1. The highest BCUT2D eigenvalue weighted by Gasteiger charge is 2.46. The molecule has 4 rings (SSSR count). The monoisotopic (exact) mass is 486 g/mol. The molecule has 7 nitrogen and oxygen atoms in total. The zero-order valence-electron chi connectivity index (χ0n) is 20.6. The van der Waals surface area contributed by atoms with Crippen LogP contribution in [-0.2, 0) is 16.2 Å². The van der Waals surface area contributed by atoms with Crippen LogP contribution in [0, 0.1) is 6.92 Å². The number of phenols is 1. The van der Waals surface area contributed by atoms with E-state index in [4.69, 9.17) is 4.74 Å². The highest BCUT2D eigenvalue weighted by molar-refractivity contribution is 6.46. The van der Waals surface area contributed by atoms with Crippen LogP contribution in [-0.4, -0.2) is 58.9 Å². The molecule has 0 aromatic heterocycles. The molecule has 186 valence electrons. The second-order valence-electron chi connectivity index (χ2n) is 9.19. The first kappa shape index (κ1) is 25.0. The molecule has 0 spiro atoms. The van der Waals surface area contributed by atoms with Crippen molar-refractivity contribution in [3.8, 4) is 11.5 Å². The van der Waals surface area contributed by atoms with Gasteiger partial charge in [0.1, 0.15) is 23.9 Å². The summed E-state index contributed by atoms with van der Waals surface area (Å²) in [7, 11) is 3.76. The Morgan fingerprint density at radius 2 is 1.72 bits per heavy atom. The summed E-state index contributed by atoms with van der Waals surface area (Å²) >= 11 is 0. The largest absolute Gasteiger partial charge is 0.508 e. The van der Waals surface area contributed by atoms with Gasteiger partial charge < -0.3 is 24.7 Å². The molecule has 1 fully saturated rings. The van der Waals surface area contributed by atoms with E-state index in [1.54, 1.807) is 36.4 Å². The van der Waals surface area contributed by atoms with E-state index in [2.05, 4.69) is 6.07 Å². The average molecular weight is 487 g/mol. The van der Waals surface area contributed by atoms with Crippen LogP contribution in [0.2, 0.25) is 0 Å². The Labute approximate surface area is 210 Å². The van der Waals surface area contributed by atoms with Crippen molar-refractivity contribution < 1.29 is 24.5 Å². The molecule has 0 aliphatic carbocycles. The minimum Gasteiger partial charge on any atom is -0.508 e. The molecule has 1 aliphatic rings. The molecule has 0 unspecified atom stereocenters. The Morgan fingerprint density at radius 3 is 2.39 bits per heavy atom. The smallest absolute Gasteiger partial charge is 0.295 e. The van der Waals surface area contributed by atoms with Gasteiger partial charge in [0.15, 0.2) is 0 Å². The predicted molar refractivity (Wildman–Crippen MR) is 138 cm³/mol. The number of hydrogen-bond donors (Lipinski definition) is 2. The van der Waals surface area contributed by atoms with Crippen molar-refractivity contribution in [3.63, 3.8) is 0 Å². The Balaban J connectivity index is 1.64. The molecule has 0 saturated carbocycles. The Morgan fingerprint density at radius 1 is 1.00 bits per heavy atom. The fourth-order valence-electron chi connectivity index (χ4n) is 4.29. The molecule has 1 aliphatic heterocycles. The molecular weight excluding hydrogens is 456 g/mol. The van der Waals surface area contributed by atoms with Crippen molar-refractivity contribution in [1.29, 1.82) is 0 Å². The molecule has 1 saturated heterocycles. The number of amides is 1. The molecule has 36 heavy (non-hydrogen) atoms. The number of aliphatic hydroxyl groups is 1. The molecule has 1 amide bonds. The van der Waals surface area contributed by atoms with Gasteiger partial charge in [0.25, 0.3) is 11.7 Å². The molecule has 0 bridgehead atoms. The number of benzene rings is 3. The number of hydrogen-bond acceptors (Lipinski definition) is 6. The lowest BCUT2D eigenvalue weighted by molar-refractivity contribution is -0.140. The summed E-state index contributed by atoms with van der Waals surface area (Å²) in [5.74, 6) is -1.06. The van der Waals surface area contributed by atoms with E-state index in [0.29, 0.717) is 36.6 Å². The topological polar surface area (TPSA) is 90.3 Å². The van der Waals surface area contributed by atoms with E-state index in [-0.39, 0.29) is 17.1 Å². The van der Waals surface area contributed by atoms with Crippen LogP contribution < -0.4 is 4.74 Å². The number of aliphatic hydroxyl groups excluding tert-OH is 1. The minimum atomic E-state index is -0.811. The maximum Gasteiger partial charge on any atom is 0.295 e. The van der Waals surface area contributed by atoms with Gasteiger partial charge in [-0.2, -0.15) is 0 Å². The Kier molecular flexibility index (Phi) is 7.41. The summed E-state index contributed by atoms with van der Waals surface area (Å²) in [6, 6.07) is 20.4. The number of nitrogens with zero attached hydrogens (tertiary/aromatic N) is 2.